The van der Waals surface area contributed by atoms with Crippen LogP contribution in [0.4, 0.5) is 11.4 Å². The lowest BCUT2D eigenvalue weighted by molar-refractivity contribution is -0.116. The molecule has 0 bridgehead atoms. The van der Waals surface area contributed by atoms with Gasteiger partial charge in [0, 0.05) is 17.9 Å². The number of rotatable bonds is 3. The van der Waals surface area contributed by atoms with E-state index in [1.165, 1.54) is 5.56 Å². The van der Waals surface area contributed by atoms with Crippen molar-refractivity contribution >= 4 is 17.3 Å². The smallest absolute Gasteiger partial charge is 0.246 e. The van der Waals surface area contributed by atoms with Crippen LogP contribution in [-0.4, -0.2) is 19.0 Å². The van der Waals surface area contributed by atoms with Gasteiger partial charge in [-0.2, -0.15) is 0 Å². The van der Waals surface area contributed by atoms with Crippen LogP contribution in [0.5, 0.6) is 0 Å². The fourth-order valence-electron chi connectivity index (χ4n) is 2.43. The summed E-state index contributed by atoms with van der Waals surface area (Å²) in [6.45, 7) is 1.12. The van der Waals surface area contributed by atoms with Gasteiger partial charge in [0.05, 0.1) is 6.54 Å². The van der Waals surface area contributed by atoms with Gasteiger partial charge in [-0.25, -0.2) is 0 Å². The predicted molar refractivity (Wildman–Crippen MR) is 77.4 cm³/mol. The molecule has 0 spiro atoms. The van der Waals surface area contributed by atoms with Crippen LogP contribution in [0.2, 0.25) is 0 Å². The van der Waals surface area contributed by atoms with Crippen LogP contribution >= 0.6 is 0 Å². The first-order valence-corrected chi connectivity index (χ1v) is 6.52. The van der Waals surface area contributed by atoms with E-state index in [1.54, 1.807) is 0 Å². The number of hydrogen-bond donors (Lipinski definition) is 1. The third kappa shape index (κ3) is 2.45. The van der Waals surface area contributed by atoms with Crippen molar-refractivity contribution in [2.45, 2.75) is 6.42 Å². The van der Waals surface area contributed by atoms with Gasteiger partial charge in [0.2, 0.25) is 5.91 Å². The van der Waals surface area contributed by atoms with Gasteiger partial charge in [-0.15, -0.1) is 0 Å². The Morgan fingerprint density at radius 1 is 1.05 bits per heavy atom. The zero-order valence-corrected chi connectivity index (χ0v) is 10.7. The summed E-state index contributed by atoms with van der Waals surface area (Å²) in [7, 11) is 0. The Bertz CT molecular complexity index is 580. The number of para-hydroxylation sites is 2. The van der Waals surface area contributed by atoms with Gasteiger partial charge < -0.3 is 10.2 Å². The van der Waals surface area contributed by atoms with Crippen molar-refractivity contribution in [1.29, 1.82) is 0 Å². The molecular weight excluding hydrogens is 236 g/mol. The van der Waals surface area contributed by atoms with Crippen molar-refractivity contribution in [2.75, 3.05) is 23.3 Å². The van der Waals surface area contributed by atoms with E-state index in [-0.39, 0.29) is 5.91 Å². The van der Waals surface area contributed by atoms with Crippen molar-refractivity contribution in [3.63, 3.8) is 0 Å². The Labute approximate surface area is 112 Å². The number of fused-ring (bicyclic) bond motifs is 1. The number of nitrogens with one attached hydrogen (secondary N) is 1. The second kappa shape index (κ2) is 5.14. The lowest BCUT2D eigenvalue weighted by Gasteiger charge is -2.18. The van der Waals surface area contributed by atoms with E-state index in [0.29, 0.717) is 6.54 Å². The Hall–Kier alpha value is -2.29. The van der Waals surface area contributed by atoms with E-state index in [1.807, 2.05) is 53.4 Å². The van der Waals surface area contributed by atoms with Crippen LogP contribution in [0.3, 0.4) is 0 Å². The van der Waals surface area contributed by atoms with E-state index >= 15 is 0 Å². The SMILES string of the molecule is O=C(CNc1ccccc1)N1CCc2ccccc21. The molecule has 1 heterocycles. The minimum Gasteiger partial charge on any atom is -0.376 e. The predicted octanol–water partition coefficient (Wildman–Crippen LogP) is 2.69. The summed E-state index contributed by atoms with van der Waals surface area (Å²) in [5.41, 5.74) is 3.29. The zero-order chi connectivity index (χ0) is 13.1. The molecule has 3 heteroatoms. The van der Waals surface area contributed by atoms with E-state index in [4.69, 9.17) is 0 Å². The minimum atomic E-state index is 0.119. The summed E-state index contributed by atoms with van der Waals surface area (Å²) in [4.78, 5) is 14.1. The molecule has 0 radical (unpaired) electrons. The molecule has 2 aromatic rings. The summed E-state index contributed by atoms with van der Waals surface area (Å²) in [5.74, 6) is 0.119. The van der Waals surface area contributed by atoms with Crippen LogP contribution in [-0.2, 0) is 11.2 Å². The van der Waals surface area contributed by atoms with Crippen LogP contribution in [0.1, 0.15) is 5.56 Å². The van der Waals surface area contributed by atoms with Gasteiger partial charge in [0.1, 0.15) is 0 Å². The highest BCUT2D eigenvalue weighted by Gasteiger charge is 2.23. The van der Waals surface area contributed by atoms with Crippen molar-refractivity contribution in [1.82, 2.24) is 0 Å². The van der Waals surface area contributed by atoms with Gasteiger partial charge >= 0.3 is 0 Å². The molecule has 96 valence electrons. The van der Waals surface area contributed by atoms with Gasteiger partial charge in [0.25, 0.3) is 0 Å². The van der Waals surface area contributed by atoms with Crippen LogP contribution in [0.25, 0.3) is 0 Å². The summed E-state index contributed by atoms with van der Waals surface area (Å²) in [6.07, 6.45) is 0.952. The number of hydrogen-bond acceptors (Lipinski definition) is 2. The fourth-order valence-corrected chi connectivity index (χ4v) is 2.43. The second-order valence-electron chi connectivity index (χ2n) is 4.64. The highest BCUT2D eigenvalue weighted by Crippen LogP contribution is 2.27. The molecule has 0 fully saturated rings. The summed E-state index contributed by atoms with van der Waals surface area (Å²) in [5, 5.41) is 3.16. The normalized spacial score (nSPS) is 13.2. The number of carbonyl (C=O) groups excluding carboxylic acids is 1. The maximum Gasteiger partial charge on any atom is 0.246 e. The first-order chi connectivity index (χ1) is 9.34. The maximum atomic E-state index is 12.2. The quantitative estimate of drug-likeness (QED) is 0.911. The number of carbonyl (C=O) groups is 1. The fraction of sp³-hybridized carbons (Fsp3) is 0.188. The Kier molecular flexibility index (Phi) is 3.19. The monoisotopic (exact) mass is 252 g/mol. The molecule has 1 amide bonds. The summed E-state index contributed by atoms with van der Waals surface area (Å²) < 4.78 is 0. The largest absolute Gasteiger partial charge is 0.376 e. The second-order valence-corrected chi connectivity index (χ2v) is 4.64. The molecule has 1 aliphatic heterocycles. The zero-order valence-electron chi connectivity index (χ0n) is 10.7. The standard InChI is InChI=1S/C16H16N2O/c19-16(12-17-14-7-2-1-3-8-14)18-11-10-13-6-4-5-9-15(13)18/h1-9,17H,10-12H2. The molecular formula is C16H16N2O. The van der Waals surface area contributed by atoms with Gasteiger partial charge in [-0.05, 0) is 30.2 Å². The molecule has 0 atom stereocenters. The van der Waals surface area contributed by atoms with E-state index < -0.39 is 0 Å². The molecule has 0 aromatic heterocycles. The molecule has 3 nitrogen and oxygen atoms in total. The van der Waals surface area contributed by atoms with E-state index in [9.17, 15) is 4.79 Å². The molecule has 19 heavy (non-hydrogen) atoms. The van der Waals surface area contributed by atoms with Crippen LogP contribution in [0.15, 0.2) is 54.6 Å². The number of benzene rings is 2. The van der Waals surface area contributed by atoms with Crippen molar-refractivity contribution < 1.29 is 4.79 Å². The first kappa shape index (κ1) is 11.8. The molecule has 3 rings (SSSR count). The van der Waals surface area contributed by atoms with Crippen molar-refractivity contribution in [3.8, 4) is 0 Å². The van der Waals surface area contributed by atoms with Crippen LogP contribution in [0, 0.1) is 0 Å². The molecule has 0 aliphatic carbocycles. The van der Waals surface area contributed by atoms with Gasteiger partial charge in [0.15, 0.2) is 0 Å². The highest BCUT2D eigenvalue weighted by atomic mass is 16.2. The Balaban J connectivity index is 1.66. The Morgan fingerprint density at radius 2 is 1.79 bits per heavy atom. The highest BCUT2D eigenvalue weighted by molar-refractivity contribution is 5.97. The third-order valence-electron chi connectivity index (χ3n) is 3.41. The molecule has 0 saturated carbocycles. The minimum absolute atomic E-state index is 0.119. The average molecular weight is 252 g/mol. The topological polar surface area (TPSA) is 32.3 Å². The lowest BCUT2D eigenvalue weighted by atomic mass is 10.2. The number of amides is 1. The van der Waals surface area contributed by atoms with E-state index in [2.05, 4.69) is 11.4 Å². The lowest BCUT2D eigenvalue weighted by Crippen LogP contribution is -2.34. The van der Waals surface area contributed by atoms with Crippen molar-refractivity contribution in [2.24, 2.45) is 0 Å². The number of anilines is 2. The molecule has 0 saturated heterocycles. The van der Waals surface area contributed by atoms with Gasteiger partial charge in [-0.3, -0.25) is 4.79 Å². The average Bonchev–Trinajstić information content (AvgIpc) is 2.90. The first-order valence-electron chi connectivity index (χ1n) is 6.52. The van der Waals surface area contributed by atoms with Gasteiger partial charge in [-0.1, -0.05) is 36.4 Å². The molecule has 0 unspecified atom stereocenters. The molecule has 1 aliphatic rings. The molecule has 1 N–H and O–H groups in total. The Morgan fingerprint density at radius 3 is 2.63 bits per heavy atom. The van der Waals surface area contributed by atoms with Crippen molar-refractivity contribution in [3.05, 3.63) is 60.2 Å². The maximum absolute atomic E-state index is 12.2. The third-order valence-corrected chi connectivity index (χ3v) is 3.41. The summed E-state index contributed by atoms with van der Waals surface area (Å²) in [6, 6.07) is 17.9. The van der Waals surface area contributed by atoms with Crippen LogP contribution < -0.4 is 10.2 Å². The summed E-state index contributed by atoms with van der Waals surface area (Å²) >= 11 is 0. The molecule has 2 aromatic carbocycles. The number of nitrogens with zero attached hydrogens (tertiary/aromatic N) is 1. The van der Waals surface area contributed by atoms with E-state index in [0.717, 1.165) is 24.3 Å².